The van der Waals surface area contributed by atoms with Crippen LogP contribution >= 0.6 is 0 Å². The Morgan fingerprint density at radius 3 is 0.789 bits per heavy atom. The molecule has 0 heterocycles. The second kappa shape index (κ2) is 38.9. The van der Waals surface area contributed by atoms with Crippen LogP contribution in [0.1, 0.15) is 233 Å². The van der Waals surface area contributed by atoms with Crippen molar-refractivity contribution in [2.24, 2.45) is 5.41 Å². The molecule has 0 N–H and O–H groups in total. The van der Waals surface area contributed by atoms with Crippen molar-refractivity contribution in [3.63, 3.8) is 0 Å². The Kier molecular flexibility index (Phi) is 37.1. The minimum absolute atomic E-state index is 0.193. The maximum Gasteiger partial charge on any atom is 0.333 e. The Hall–Kier alpha value is -2.64. The highest BCUT2D eigenvalue weighted by atomic mass is 16.6. The Morgan fingerprint density at radius 2 is 0.561 bits per heavy atom. The number of ether oxygens (including phenoxy) is 4. The molecular formula is C49H88O8. The van der Waals surface area contributed by atoms with Gasteiger partial charge in [0.1, 0.15) is 31.8 Å². The predicted molar refractivity (Wildman–Crippen MR) is 235 cm³/mol. The van der Waals surface area contributed by atoms with Crippen LogP contribution < -0.4 is 0 Å². The van der Waals surface area contributed by atoms with Gasteiger partial charge in [0, 0.05) is 24.0 Å². The number of hydrogen-bond acceptors (Lipinski definition) is 8. The van der Waals surface area contributed by atoms with Gasteiger partial charge in [-0.15, -0.1) is 0 Å². The third kappa shape index (κ3) is 35.1. The zero-order valence-electron chi connectivity index (χ0n) is 37.6. The third-order valence-electron chi connectivity index (χ3n) is 10.8. The summed E-state index contributed by atoms with van der Waals surface area (Å²) in [7, 11) is 0. The summed E-state index contributed by atoms with van der Waals surface area (Å²) < 4.78 is 22.3. The van der Waals surface area contributed by atoms with Gasteiger partial charge in [-0.25, -0.2) is 9.59 Å². The van der Waals surface area contributed by atoms with Crippen molar-refractivity contribution in [2.75, 3.05) is 26.4 Å². The smallest absolute Gasteiger partial charge is 0.333 e. The van der Waals surface area contributed by atoms with E-state index in [4.69, 9.17) is 18.9 Å². The highest BCUT2D eigenvalue weighted by Crippen LogP contribution is 2.24. The second-order valence-corrected chi connectivity index (χ2v) is 16.9. The van der Waals surface area contributed by atoms with E-state index >= 15 is 0 Å². The molecule has 8 nitrogen and oxygen atoms in total. The van der Waals surface area contributed by atoms with Crippen LogP contribution in [0.25, 0.3) is 0 Å². The second-order valence-electron chi connectivity index (χ2n) is 16.9. The first-order valence-corrected chi connectivity index (χ1v) is 23.5. The first-order chi connectivity index (χ1) is 27.6. The Bertz CT molecular complexity index is 968. The lowest BCUT2D eigenvalue weighted by Gasteiger charge is -2.31. The van der Waals surface area contributed by atoms with Gasteiger partial charge in [0.05, 0.1) is 0 Å². The van der Waals surface area contributed by atoms with Gasteiger partial charge in [0.25, 0.3) is 0 Å². The molecule has 0 aromatic rings. The molecule has 0 saturated heterocycles. The number of carbonyl (C=O) groups excluding carboxylic acids is 4. The quantitative estimate of drug-likeness (QED) is 0.0260. The van der Waals surface area contributed by atoms with Gasteiger partial charge in [0.2, 0.25) is 0 Å². The number of esters is 4. The molecule has 0 aliphatic rings. The van der Waals surface area contributed by atoms with Gasteiger partial charge in [-0.3, -0.25) is 9.59 Å². The summed E-state index contributed by atoms with van der Waals surface area (Å²) in [6.45, 7) is 13.8. The Labute approximate surface area is 350 Å². The molecule has 0 radical (unpaired) electrons. The van der Waals surface area contributed by atoms with E-state index in [-0.39, 0.29) is 50.4 Å². The molecule has 8 heteroatoms. The molecule has 0 aliphatic carbocycles. The van der Waals surface area contributed by atoms with Crippen LogP contribution in [-0.4, -0.2) is 50.3 Å². The van der Waals surface area contributed by atoms with E-state index in [1.54, 1.807) is 0 Å². The van der Waals surface area contributed by atoms with E-state index in [2.05, 4.69) is 27.0 Å². The fourth-order valence-electron chi connectivity index (χ4n) is 6.83. The maximum absolute atomic E-state index is 12.8. The summed E-state index contributed by atoms with van der Waals surface area (Å²) in [6.07, 6.45) is 37.7. The lowest BCUT2D eigenvalue weighted by molar-refractivity contribution is -0.168. The molecule has 0 aromatic heterocycles. The number of carbonyl (C=O) groups is 4. The van der Waals surface area contributed by atoms with E-state index in [1.807, 2.05) is 0 Å². The molecule has 332 valence electrons. The third-order valence-corrected chi connectivity index (χ3v) is 10.8. The van der Waals surface area contributed by atoms with Crippen molar-refractivity contribution < 1.29 is 38.1 Å². The molecule has 0 fully saturated rings. The molecule has 0 unspecified atom stereocenters. The summed E-state index contributed by atoms with van der Waals surface area (Å²) >= 11 is 0. The normalized spacial score (nSPS) is 11.3. The fourth-order valence-corrected chi connectivity index (χ4v) is 6.83. The number of rotatable bonds is 42. The summed E-state index contributed by atoms with van der Waals surface area (Å²) in [5.74, 6) is -2.07. The van der Waals surface area contributed by atoms with Crippen molar-refractivity contribution in [1.82, 2.24) is 0 Å². The van der Waals surface area contributed by atoms with E-state index in [0.717, 1.165) is 25.7 Å². The topological polar surface area (TPSA) is 105 Å². The van der Waals surface area contributed by atoms with Gasteiger partial charge in [-0.1, -0.05) is 207 Å². The van der Waals surface area contributed by atoms with E-state index in [9.17, 15) is 19.2 Å². The first-order valence-electron chi connectivity index (χ1n) is 23.5. The number of unbranched alkanes of at least 4 members (excludes halogenated alkanes) is 28. The molecule has 0 atom stereocenters. The molecule has 0 spiro atoms. The Balaban J connectivity index is 4.69. The van der Waals surface area contributed by atoms with Gasteiger partial charge in [0.15, 0.2) is 0 Å². The average Bonchev–Trinajstić information content (AvgIpc) is 3.19. The highest BCUT2D eigenvalue weighted by Gasteiger charge is 2.38. The molecule has 0 rings (SSSR count). The molecule has 0 aromatic carbocycles. The van der Waals surface area contributed by atoms with Crippen LogP contribution in [0.5, 0.6) is 0 Å². The van der Waals surface area contributed by atoms with Crippen LogP contribution in [0.2, 0.25) is 0 Å². The summed E-state index contributed by atoms with van der Waals surface area (Å²) in [5.41, 5.74) is -0.901. The van der Waals surface area contributed by atoms with Crippen molar-refractivity contribution in [2.45, 2.75) is 233 Å². The first kappa shape index (κ1) is 54.4. The van der Waals surface area contributed by atoms with Crippen LogP contribution in [-0.2, 0) is 38.1 Å². The fraction of sp³-hybridized carbons (Fsp3) is 0.837. The predicted octanol–water partition coefficient (Wildman–Crippen LogP) is 13.8. The SMILES string of the molecule is C=C(C)C(=O)OCC(COC(=O)CCCCCCCCCCCCCCCCC)(COC(=O)CCCCCCCCCCCCCCCCC)COC(=O)C(=C)C. The summed E-state index contributed by atoms with van der Waals surface area (Å²) in [4.78, 5) is 50.5. The van der Waals surface area contributed by atoms with Crippen LogP contribution in [0.15, 0.2) is 24.3 Å². The molecule has 0 saturated carbocycles. The zero-order valence-corrected chi connectivity index (χ0v) is 37.6. The van der Waals surface area contributed by atoms with Crippen molar-refractivity contribution >= 4 is 23.9 Å². The monoisotopic (exact) mass is 805 g/mol. The molecule has 0 aliphatic heterocycles. The minimum atomic E-state index is -1.29. The maximum atomic E-state index is 12.8. The van der Waals surface area contributed by atoms with Crippen LogP contribution in [0.3, 0.4) is 0 Å². The van der Waals surface area contributed by atoms with Crippen LogP contribution in [0.4, 0.5) is 0 Å². The lowest BCUT2D eigenvalue weighted by atomic mass is 9.92. The van der Waals surface area contributed by atoms with Gasteiger partial charge >= 0.3 is 23.9 Å². The van der Waals surface area contributed by atoms with Crippen molar-refractivity contribution in [1.29, 1.82) is 0 Å². The minimum Gasteiger partial charge on any atom is -0.465 e. The average molecular weight is 805 g/mol. The summed E-state index contributed by atoms with van der Waals surface area (Å²) in [6, 6.07) is 0. The molecule has 0 bridgehead atoms. The van der Waals surface area contributed by atoms with E-state index in [0.29, 0.717) is 12.8 Å². The van der Waals surface area contributed by atoms with Gasteiger partial charge in [-0.05, 0) is 26.7 Å². The van der Waals surface area contributed by atoms with Gasteiger partial charge < -0.3 is 18.9 Å². The van der Waals surface area contributed by atoms with Crippen molar-refractivity contribution in [3.8, 4) is 0 Å². The van der Waals surface area contributed by atoms with E-state index in [1.165, 1.54) is 168 Å². The summed E-state index contributed by atoms with van der Waals surface area (Å²) in [5, 5.41) is 0. The molecule has 0 amide bonds. The Morgan fingerprint density at radius 1 is 0.351 bits per heavy atom. The van der Waals surface area contributed by atoms with E-state index < -0.39 is 29.3 Å². The largest absolute Gasteiger partial charge is 0.465 e. The van der Waals surface area contributed by atoms with Gasteiger partial charge in [-0.2, -0.15) is 0 Å². The zero-order chi connectivity index (χ0) is 42.2. The van der Waals surface area contributed by atoms with Crippen molar-refractivity contribution in [3.05, 3.63) is 24.3 Å². The molecular weight excluding hydrogens is 717 g/mol. The molecule has 57 heavy (non-hydrogen) atoms. The highest BCUT2D eigenvalue weighted by molar-refractivity contribution is 5.87. The standard InChI is InChI=1S/C49H88O8/c1-7-9-11-13-15-17-19-21-23-25-27-29-31-33-35-37-45(50)54-39-49(41-56-47(52)43(3)4,42-57-48(53)44(5)6)40-55-46(51)38-36-34-32-30-28-26-24-22-20-18-16-14-12-10-8-2/h3,5,7-42H2,1-2,4,6H3. The van der Waals surface area contributed by atoms with Crippen LogP contribution in [0, 0.1) is 5.41 Å². The lowest BCUT2D eigenvalue weighted by Crippen LogP contribution is -2.44. The number of hydrogen-bond donors (Lipinski definition) is 0.